The largest absolute Gasteiger partial charge is 0.486 e. The van der Waals surface area contributed by atoms with Gasteiger partial charge in [-0.1, -0.05) is 41.9 Å². The number of amides is 1. The summed E-state index contributed by atoms with van der Waals surface area (Å²) in [6.45, 7) is 2.84. The minimum Gasteiger partial charge on any atom is -0.486 e. The molecule has 1 amide bonds. The highest BCUT2D eigenvalue weighted by Gasteiger charge is 2.24. The zero-order chi connectivity index (χ0) is 23.0. The third-order valence-electron chi connectivity index (χ3n) is 5.67. The van der Waals surface area contributed by atoms with Crippen LogP contribution < -0.4 is 15.0 Å². The number of nitrogens with zero attached hydrogens (tertiary/aromatic N) is 4. The summed E-state index contributed by atoms with van der Waals surface area (Å²) >= 11 is 5.92. The summed E-state index contributed by atoms with van der Waals surface area (Å²) in [6, 6.07) is 16.9. The Kier molecular flexibility index (Phi) is 7.67. The SMILES string of the molecule is Cn1c(COc2ccc(Cl)cc2)nnc1N1CCCC(CNC(=O)OCc2ccccc2)C1. The van der Waals surface area contributed by atoms with E-state index in [1.54, 1.807) is 12.1 Å². The number of halogens is 1. The van der Waals surface area contributed by atoms with Crippen LogP contribution in [0.25, 0.3) is 0 Å². The van der Waals surface area contributed by atoms with Crippen LogP contribution in [-0.4, -0.2) is 40.5 Å². The minimum absolute atomic E-state index is 0.267. The number of hydrogen-bond donors (Lipinski definition) is 1. The van der Waals surface area contributed by atoms with Crippen LogP contribution in [0.2, 0.25) is 5.02 Å². The quantitative estimate of drug-likeness (QED) is 0.532. The van der Waals surface area contributed by atoms with Gasteiger partial charge in [-0.15, -0.1) is 10.2 Å². The Hall–Kier alpha value is -3.26. The maximum absolute atomic E-state index is 12.1. The fourth-order valence-corrected chi connectivity index (χ4v) is 3.97. The molecule has 0 bridgehead atoms. The number of carbonyl (C=O) groups excluding carboxylic acids is 1. The van der Waals surface area contributed by atoms with Crippen LogP contribution >= 0.6 is 11.6 Å². The maximum atomic E-state index is 12.1. The van der Waals surface area contributed by atoms with Gasteiger partial charge in [-0.25, -0.2) is 4.79 Å². The van der Waals surface area contributed by atoms with Gasteiger partial charge in [0.25, 0.3) is 0 Å². The van der Waals surface area contributed by atoms with E-state index < -0.39 is 6.09 Å². The van der Waals surface area contributed by atoms with Crippen LogP contribution in [0.4, 0.5) is 10.7 Å². The predicted octanol–water partition coefficient (Wildman–Crippen LogP) is 4.19. The van der Waals surface area contributed by atoms with Crippen LogP contribution in [0.1, 0.15) is 24.2 Å². The third kappa shape index (κ3) is 6.38. The Bertz CT molecular complexity index is 1040. The van der Waals surface area contributed by atoms with E-state index in [-0.39, 0.29) is 6.61 Å². The smallest absolute Gasteiger partial charge is 0.407 e. The lowest BCUT2D eigenvalue weighted by molar-refractivity contribution is 0.137. The lowest BCUT2D eigenvalue weighted by atomic mass is 9.98. The van der Waals surface area contributed by atoms with Crippen molar-refractivity contribution >= 4 is 23.6 Å². The van der Waals surface area contributed by atoms with Crippen LogP contribution in [0.5, 0.6) is 5.75 Å². The second-order valence-electron chi connectivity index (χ2n) is 8.11. The summed E-state index contributed by atoms with van der Waals surface area (Å²) in [5.41, 5.74) is 0.967. The van der Waals surface area contributed by atoms with Crippen molar-refractivity contribution in [3.63, 3.8) is 0 Å². The van der Waals surface area contributed by atoms with Crippen molar-refractivity contribution in [3.05, 3.63) is 71.0 Å². The standard InChI is InChI=1S/C24H28ClN5O3/c1-29-22(17-32-21-11-9-20(25)10-12-21)27-28-23(29)30-13-5-8-19(15-30)14-26-24(31)33-16-18-6-3-2-4-7-18/h2-4,6-7,9-12,19H,5,8,13-17H2,1H3,(H,26,31). The fourth-order valence-electron chi connectivity index (χ4n) is 3.85. The van der Waals surface area contributed by atoms with Crippen molar-refractivity contribution in [1.82, 2.24) is 20.1 Å². The average molecular weight is 470 g/mol. The van der Waals surface area contributed by atoms with Gasteiger partial charge in [0.05, 0.1) is 0 Å². The molecule has 0 saturated carbocycles. The molecule has 1 aliphatic heterocycles. The molecule has 0 radical (unpaired) electrons. The minimum atomic E-state index is -0.392. The van der Waals surface area contributed by atoms with Gasteiger partial charge >= 0.3 is 6.09 Å². The van der Waals surface area contributed by atoms with Crippen molar-refractivity contribution in [1.29, 1.82) is 0 Å². The van der Waals surface area contributed by atoms with Gasteiger partial charge in [-0.05, 0) is 48.6 Å². The lowest BCUT2D eigenvalue weighted by Gasteiger charge is -2.33. The van der Waals surface area contributed by atoms with Crippen molar-refractivity contribution in [2.24, 2.45) is 13.0 Å². The predicted molar refractivity (Wildman–Crippen MR) is 126 cm³/mol. The Balaban J connectivity index is 1.25. The summed E-state index contributed by atoms with van der Waals surface area (Å²) in [4.78, 5) is 14.3. The number of benzene rings is 2. The van der Waals surface area contributed by atoms with Crippen LogP contribution in [-0.2, 0) is 25.0 Å². The van der Waals surface area contributed by atoms with Crippen molar-refractivity contribution in [3.8, 4) is 5.75 Å². The number of piperidine rings is 1. The third-order valence-corrected chi connectivity index (χ3v) is 5.93. The highest BCUT2D eigenvalue weighted by molar-refractivity contribution is 6.30. The molecule has 1 fully saturated rings. The summed E-state index contributed by atoms with van der Waals surface area (Å²) in [6.07, 6.45) is 1.67. The molecule has 4 rings (SSSR count). The van der Waals surface area contributed by atoms with Crippen molar-refractivity contribution < 1.29 is 14.3 Å². The molecule has 3 aromatic rings. The number of ether oxygens (including phenoxy) is 2. The van der Waals surface area contributed by atoms with Crippen molar-refractivity contribution in [2.75, 3.05) is 24.5 Å². The van der Waals surface area contributed by atoms with Gasteiger partial charge in [0.2, 0.25) is 5.95 Å². The number of hydrogen-bond acceptors (Lipinski definition) is 6. The number of anilines is 1. The Labute approximate surface area is 198 Å². The van der Waals surface area contributed by atoms with Gasteiger partial charge < -0.3 is 19.7 Å². The van der Waals surface area contributed by atoms with Gasteiger partial charge in [-0.2, -0.15) is 0 Å². The average Bonchev–Trinajstić information content (AvgIpc) is 3.22. The summed E-state index contributed by atoms with van der Waals surface area (Å²) in [5, 5.41) is 12.3. The Morgan fingerprint density at radius 3 is 2.70 bits per heavy atom. The molecular weight excluding hydrogens is 442 g/mol. The van der Waals surface area contributed by atoms with E-state index in [1.165, 1.54) is 0 Å². The zero-order valence-corrected chi connectivity index (χ0v) is 19.4. The molecule has 2 aromatic carbocycles. The molecule has 1 saturated heterocycles. The maximum Gasteiger partial charge on any atom is 0.407 e. The molecule has 1 atom stereocenters. The van der Waals surface area contributed by atoms with E-state index in [2.05, 4.69) is 20.4 Å². The normalized spacial score (nSPS) is 15.8. The molecule has 1 N–H and O–H groups in total. The van der Waals surface area contributed by atoms with Gasteiger partial charge in [-0.3, -0.25) is 4.57 Å². The summed E-state index contributed by atoms with van der Waals surface area (Å²) in [7, 11) is 1.94. The monoisotopic (exact) mass is 469 g/mol. The van der Waals surface area contributed by atoms with Gasteiger partial charge in [0, 0.05) is 31.7 Å². The van der Waals surface area contributed by atoms with Gasteiger partial charge in [0.15, 0.2) is 5.82 Å². The first kappa shape index (κ1) is 22.9. The molecular formula is C24H28ClN5O3. The second kappa shape index (κ2) is 11.0. The summed E-state index contributed by atoms with van der Waals surface area (Å²) < 4.78 is 13.1. The first-order chi connectivity index (χ1) is 16.1. The molecule has 174 valence electrons. The van der Waals surface area contributed by atoms with E-state index in [1.807, 2.05) is 54.1 Å². The molecule has 1 unspecified atom stereocenters. The van der Waals surface area contributed by atoms with Crippen LogP contribution in [0, 0.1) is 5.92 Å². The topological polar surface area (TPSA) is 81.5 Å². The van der Waals surface area contributed by atoms with E-state index in [0.717, 1.165) is 49.0 Å². The van der Waals surface area contributed by atoms with Gasteiger partial charge in [0.1, 0.15) is 19.0 Å². The van der Waals surface area contributed by atoms with Crippen molar-refractivity contribution in [2.45, 2.75) is 26.1 Å². The number of carbonyl (C=O) groups is 1. The fraction of sp³-hybridized carbons (Fsp3) is 0.375. The molecule has 1 aromatic heterocycles. The lowest BCUT2D eigenvalue weighted by Crippen LogP contribution is -2.42. The van der Waals surface area contributed by atoms with E-state index in [9.17, 15) is 4.79 Å². The summed E-state index contributed by atoms with van der Waals surface area (Å²) in [5.74, 6) is 2.59. The molecule has 33 heavy (non-hydrogen) atoms. The first-order valence-electron chi connectivity index (χ1n) is 11.0. The van der Waals surface area contributed by atoms with E-state index in [0.29, 0.717) is 24.1 Å². The second-order valence-corrected chi connectivity index (χ2v) is 8.55. The Morgan fingerprint density at radius 1 is 1.12 bits per heavy atom. The molecule has 8 nitrogen and oxygen atoms in total. The molecule has 2 heterocycles. The molecule has 9 heteroatoms. The van der Waals surface area contributed by atoms with E-state index >= 15 is 0 Å². The molecule has 0 aliphatic carbocycles. The highest BCUT2D eigenvalue weighted by atomic mass is 35.5. The van der Waals surface area contributed by atoms with E-state index in [4.69, 9.17) is 21.1 Å². The number of nitrogens with one attached hydrogen (secondary N) is 1. The number of alkyl carbamates (subject to hydrolysis) is 1. The van der Waals surface area contributed by atoms with Crippen LogP contribution in [0.15, 0.2) is 54.6 Å². The first-order valence-corrected chi connectivity index (χ1v) is 11.4. The molecule has 1 aliphatic rings. The highest BCUT2D eigenvalue weighted by Crippen LogP contribution is 2.22. The number of rotatable bonds is 8. The molecule has 0 spiro atoms. The number of aromatic nitrogens is 3. The van der Waals surface area contributed by atoms with Crippen LogP contribution in [0.3, 0.4) is 0 Å². The zero-order valence-electron chi connectivity index (χ0n) is 18.6. The Morgan fingerprint density at radius 2 is 1.91 bits per heavy atom.